The first-order valence-corrected chi connectivity index (χ1v) is 10.7. The van der Waals surface area contributed by atoms with Crippen molar-refractivity contribution in [3.8, 4) is 5.75 Å². The maximum Gasteiger partial charge on any atom is 0.256 e. The van der Waals surface area contributed by atoms with Crippen LogP contribution in [0.1, 0.15) is 32.7 Å². The van der Waals surface area contributed by atoms with E-state index in [4.69, 9.17) is 16.3 Å². The SMILES string of the molecule is Cc1ccc(Cl)c(OCc2ccc(C(=O)Nc3cc(C)n(Cc4ccccc4)n3)cc2)c1. The van der Waals surface area contributed by atoms with E-state index in [2.05, 4.69) is 22.5 Å². The van der Waals surface area contributed by atoms with Crippen molar-refractivity contribution < 1.29 is 9.53 Å². The standard InChI is InChI=1S/C26H24ClN3O2/c1-18-8-13-23(27)24(14-18)32-17-21-9-11-22(12-10-21)26(31)28-25-15-19(2)30(29-25)16-20-6-4-3-5-7-20/h3-15H,16-17H2,1-2H3,(H,28,29,31). The third kappa shape index (κ3) is 5.37. The number of aromatic nitrogens is 2. The number of carbonyl (C=O) groups is 1. The van der Waals surface area contributed by atoms with Crippen LogP contribution in [0.5, 0.6) is 5.75 Å². The molecular formula is C26H24ClN3O2. The first-order valence-electron chi connectivity index (χ1n) is 10.4. The zero-order valence-electron chi connectivity index (χ0n) is 18.0. The van der Waals surface area contributed by atoms with Gasteiger partial charge in [0, 0.05) is 17.3 Å². The Bertz CT molecular complexity index is 1220. The van der Waals surface area contributed by atoms with Crippen LogP contribution in [0.2, 0.25) is 5.02 Å². The summed E-state index contributed by atoms with van der Waals surface area (Å²) in [6.45, 7) is 4.99. The molecule has 0 spiro atoms. The molecule has 1 amide bonds. The molecule has 1 aromatic heterocycles. The summed E-state index contributed by atoms with van der Waals surface area (Å²) in [5.41, 5.74) is 4.71. The number of nitrogens with zero attached hydrogens (tertiary/aromatic N) is 2. The highest BCUT2D eigenvalue weighted by Gasteiger charge is 2.11. The maximum atomic E-state index is 12.7. The van der Waals surface area contributed by atoms with Gasteiger partial charge in [-0.15, -0.1) is 0 Å². The van der Waals surface area contributed by atoms with Gasteiger partial charge in [0.05, 0.1) is 11.6 Å². The van der Waals surface area contributed by atoms with E-state index < -0.39 is 0 Å². The lowest BCUT2D eigenvalue weighted by atomic mass is 10.1. The number of benzene rings is 3. The van der Waals surface area contributed by atoms with Crippen LogP contribution in [-0.2, 0) is 13.2 Å². The van der Waals surface area contributed by atoms with Gasteiger partial charge >= 0.3 is 0 Å². The summed E-state index contributed by atoms with van der Waals surface area (Å²) in [5.74, 6) is 0.975. The Hall–Kier alpha value is -3.57. The van der Waals surface area contributed by atoms with Gasteiger partial charge < -0.3 is 10.1 Å². The van der Waals surface area contributed by atoms with Crippen molar-refractivity contribution in [3.63, 3.8) is 0 Å². The molecule has 0 fully saturated rings. The number of anilines is 1. The molecule has 6 heteroatoms. The number of nitrogens with one attached hydrogen (secondary N) is 1. The monoisotopic (exact) mass is 445 g/mol. The molecule has 0 saturated carbocycles. The topological polar surface area (TPSA) is 56.1 Å². The summed E-state index contributed by atoms with van der Waals surface area (Å²) in [5, 5.41) is 7.97. The summed E-state index contributed by atoms with van der Waals surface area (Å²) in [6.07, 6.45) is 0. The number of ether oxygens (including phenoxy) is 1. The molecule has 0 aliphatic carbocycles. The third-order valence-electron chi connectivity index (χ3n) is 5.10. The van der Waals surface area contributed by atoms with Gasteiger partial charge in [0.2, 0.25) is 0 Å². The average Bonchev–Trinajstić information content (AvgIpc) is 3.13. The lowest BCUT2D eigenvalue weighted by molar-refractivity contribution is 0.102. The Balaban J connectivity index is 1.37. The van der Waals surface area contributed by atoms with E-state index in [1.807, 2.05) is 73.1 Å². The molecule has 0 aliphatic heterocycles. The molecule has 0 aliphatic rings. The smallest absolute Gasteiger partial charge is 0.256 e. The fraction of sp³-hybridized carbons (Fsp3) is 0.154. The summed E-state index contributed by atoms with van der Waals surface area (Å²) in [6, 6.07) is 24.9. The zero-order valence-corrected chi connectivity index (χ0v) is 18.8. The number of hydrogen-bond donors (Lipinski definition) is 1. The third-order valence-corrected chi connectivity index (χ3v) is 5.41. The van der Waals surface area contributed by atoms with Crippen LogP contribution in [0.3, 0.4) is 0 Å². The molecule has 0 bridgehead atoms. The molecule has 162 valence electrons. The van der Waals surface area contributed by atoms with Crippen molar-refractivity contribution >= 4 is 23.3 Å². The largest absolute Gasteiger partial charge is 0.487 e. The van der Waals surface area contributed by atoms with Gasteiger partial charge in [0.15, 0.2) is 5.82 Å². The molecule has 1 N–H and O–H groups in total. The second kappa shape index (κ2) is 9.71. The van der Waals surface area contributed by atoms with E-state index in [9.17, 15) is 4.79 Å². The fourth-order valence-electron chi connectivity index (χ4n) is 3.31. The lowest BCUT2D eigenvalue weighted by Crippen LogP contribution is -2.13. The van der Waals surface area contributed by atoms with Crippen molar-refractivity contribution in [3.05, 3.63) is 112 Å². The highest BCUT2D eigenvalue weighted by molar-refractivity contribution is 6.32. The summed E-state index contributed by atoms with van der Waals surface area (Å²) in [7, 11) is 0. The van der Waals surface area contributed by atoms with Crippen LogP contribution in [-0.4, -0.2) is 15.7 Å². The predicted octanol–water partition coefficient (Wildman–Crippen LogP) is 6.03. The van der Waals surface area contributed by atoms with Gasteiger partial charge in [-0.25, -0.2) is 0 Å². The van der Waals surface area contributed by atoms with Gasteiger partial charge in [-0.1, -0.05) is 60.1 Å². The maximum absolute atomic E-state index is 12.7. The Morgan fingerprint density at radius 3 is 2.47 bits per heavy atom. The van der Waals surface area contributed by atoms with Crippen LogP contribution in [0.15, 0.2) is 78.9 Å². The van der Waals surface area contributed by atoms with Crippen LogP contribution in [0, 0.1) is 13.8 Å². The van der Waals surface area contributed by atoms with Crippen molar-refractivity contribution in [2.24, 2.45) is 0 Å². The molecule has 1 heterocycles. The van der Waals surface area contributed by atoms with E-state index in [0.717, 1.165) is 22.4 Å². The van der Waals surface area contributed by atoms with Gasteiger partial charge in [-0.3, -0.25) is 9.48 Å². The summed E-state index contributed by atoms with van der Waals surface area (Å²) < 4.78 is 7.70. The van der Waals surface area contributed by atoms with E-state index >= 15 is 0 Å². The summed E-state index contributed by atoms with van der Waals surface area (Å²) in [4.78, 5) is 12.7. The second-order valence-electron chi connectivity index (χ2n) is 7.69. The molecule has 5 nitrogen and oxygen atoms in total. The molecule has 4 aromatic rings. The van der Waals surface area contributed by atoms with Crippen LogP contribution < -0.4 is 10.1 Å². The zero-order chi connectivity index (χ0) is 22.5. The number of hydrogen-bond acceptors (Lipinski definition) is 3. The second-order valence-corrected chi connectivity index (χ2v) is 8.10. The molecule has 0 unspecified atom stereocenters. The van der Waals surface area contributed by atoms with Crippen molar-refractivity contribution in [2.45, 2.75) is 27.0 Å². The Morgan fingerprint density at radius 1 is 0.969 bits per heavy atom. The molecule has 0 saturated heterocycles. The Labute approximate surface area is 192 Å². The minimum atomic E-state index is -0.205. The predicted molar refractivity (Wildman–Crippen MR) is 127 cm³/mol. The molecular weight excluding hydrogens is 422 g/mol. The number of carbonyl (C=O) groups excluding carboxylic acids is 1. The Morgan fingerprint density at radius 2 is 1.72 bits per heavy atom. The fourth-order valence-corrected chi connectivity index (χ4v) is 3.48. The Kier molecular flexibility index (Phi) is 6.57. The summed E-state index contributed by atoms with van der Waals surface area (Å²) >= 11 is 6.18. The number of rotatable bonds is 7. The van der Waals surface area contributed by atoms with Gasteiger partial charge in [0.1, 0.15) is 12.4 Å². The molecule has 32 heavy (non-hydrogen) atoms. The molecule has 0 radical (unpaired) electrons. The number of aryl methyl sites for hydroxylation is 2. The average molecular weight is 446 g/mol. The normalized spacial score (nSPS) is 10.7. The van der Waals surface area contributed by atoms with Crippen LogP contribution in [0.4, 0.5) is 5.82 Å². The van der Waals surface area contributed by atoms with E-state index in [0.29, 0.717) is 35.3 Å². The quantitative estimate of drug-likeness (QED) is 0.377. The first-order chi connectivity index (χ1) is 15.5. The molecule has 0 atom stereocenters. The van der Waals surface area contributed by atoms with Crippen LogP contribution in [0.25, 0.3) is 0 Å². The highest BCUT2D eigenvalue weighted by Crippen LogP contribution is 2.26. The van der Waals surface area contributed by atoms with Crippen molar-refractivity contribution in [1.82, 2.24) is 9.78 Å². The minimum absolute atomic E-state index is 0.205. The van der Waals surface area contributed by atoms with E-state index in [-0.39, 0.29) is 5.91 Å². The molecule has 4 rings (SSSR count). The van der Waals surface area contributed by atoms with E-state index in [1.165, 1.54) is 0 Å². The van der Waals surface area contributed by atoms with Crippen LogP contribution >= 0.6 is 11.6 Å². The number of halogens is 1. The first kappa shape index (κ1) is 21.7. The molecule has 3 aromatic carbocycles. The van der Waals surface area contributed by atoms with Gasteiger partial charge in [-0.2, -0.15) is 5.10 Å². The number of amides is 1. The van der Waals surface area contributed by atoms with Crippen molar-refractivity contribution in [1.29, 1.82) is 0 Å². The van der Waals surface area contributed by atoms with Gasteiger partial charge in [0.25, 0.3) is 5.91 Å². The lowest BCUT2D eigenvalue weighted by Gasteiger charge is -2.09. The van der Waals surface area contributed by atoms with Gasteiger partial charge in [-0.05, 0) is 54.8 Å². The highest BCUT2D eigenvalue weighted by atomic mass is 35.5. The van der Waals surface area contributed by atoms with E-state index in [1.54, 1.807) is 12.1 Å². The minimum Gasteiger partial charge on any atom is -0.487 e. The van der Waals surface area contributed by atoms with Crippen molar-refractivity contribution in [2.75, 3.05) is 5.32 Å².